The number of carbonyl (C=O) groups is 2. The highest BCUT2D eigenvalue weighted by molar-refractivity contribution is 6.46. The van der Waals surface area contributed by atoms with Crippen molar-refractivity contribution in [3.05, 3.63) is 101 Å². The molecule has 0 fully saturated rings. The molecule has 1 heterocycles. The number of hydrogen-bond donors (Lipinski definition) is 1. The Morgan fingerprint density at radius 1 is 0.839 bits per heavy atom. The fourth-order valence-electron chi connectivity index (χ4n) is 3.81. The molecule has 31 heavy (non-hydrogen) atoms. The van der Waals surface area contributed by atoms with Crippen molar-refractivity contribution in [1.82, 2.24) is 0 Å². The molecule has 4 rings (SSSR count). The minimum atomic E-state index is -0.341. The monoisotopic (exact) mass is 410 g/mol. The van der Waals surface area contributed by atoms with Gasteiger partial charge in [-0.3, -0.25) is 9.59 Å². The first-order valence-corrected chi connectivity index (χ1v) is 10.7. The molecule has 1 aliphatic rings. The fourth-order valence-corrected chi connectivity index (χ4v) is 3.81. The predicted molar refractivity (Wildman–Crippen MR) is 126 cm³/mol. The summed E-state index contributed by atoms with van der Waals surface area (Å²) in [6.07, 6.45) is 3.24. The molecule has 0 unspecified atom stereocenters. The fraction of sp³-hybridized carbons (Fsp3) is 0.185. The molecule has 3 aromatic rings. The van der Waals surface area contributed by atoms with Crippen molar-refractivity contribution in [1.29, 1.82) is 0 Å². The molecule has 3 aromatic carbocycles. The van der Waals surface area contributed by atoms with Crippen LogP contribution in [-0.2, 0) is 16.0 Å². The van der Waals surface area contributed by atoms with Crippen LogP contribution in [0.2, 0.25) is 0 Å². The van der Waals surface area contributed by atoms with Crippen LogP contribution in [0.15, 0.2) is 84.6 Å². The second-order valence-corrected chi connectivity index (χ2v) is 7.83. The summed E-state index contributed by atoms with van der Waals surface area (Å²) in [6, 6.07) is 24.8. The topological polar surface area (TPSA) is 49.4 Å². The number of nitrogens with zero attached hydrogens (tertiary/aromatic N) is 1. The van der Waals surface area contributed by atoms with Gasteiger partial charge in [-0.25, -0.2) is 4.90 Å². The van der Waals surface area contributed by atoms with Gasteiger partial charge in [0.25, 0.3) is 11.8 Å². The average Bonchev–Trinajstić information content (AvgIpc) is 3.02. The normalized spacial score (nSPS) is 13.8. The third kappa shape index (κ3) is 4.29. The highest BCUT2D eigenvalue weighted by atomic mass is 16.2. The molecule has 0 bridgehead atoms. The van der Waals surface area contributed by atoms with Crippen LogP contribution in [0.25, 0.3) is 5.57 Å². The number of rotatable bonds is 7. The van der Waals surface area contributed by atoms with Crippen LogP contribution in [0.5, 0.6) is 0 Å². The average molecular weight is 411 g/mol. The summed E-state index contributed by atoms with van der Waals surface area (Å²) in [5.74, 6) is -0.653. The molecule has 156 valence electrons. The molecule has 0 aromatic heterocycles. The first kappa shape index (κ1) is 20.6. The zero-order valence-corrected chi connectivity index (χ0v) is 17.9. The summed E-state index contributed by atoms with van der Waals surface area (Å²) in [6.45, 7) is 4.15. The van der Waals surface area contributed by atoms with E-state index in [1.54, 1.807) is 0 Å². The molecule has 2 amide bonds. The lowest BCUT2D eigenvalue weighted by Gasteiger charge is -2.16. The van der Waals surface area contributed by atoms with E-state index in [1.807, 2.05) is 85.8 Å². The number of anilines is 2. The van der Waals surface area contributed by atoms with Crippen molar-refractivity contribution in [2.75, 3.05) is 10.2 Å². The lowest BCUT2D eigenvalue weighted by atomic mass is 10.0. The van der Waals surface area contributed by atoms with E-state index in [4.69, 9.17) is 0 Å². The van der Waals surface area contributed by atoms with Crippen LogP contribution >= 0.6 is 0 Å². The second kappa shape index (κ2) is 9.00. The minimum absolute atomic E-state index is 0.303. The molecule has 1 aliphatic heterocycles. The zero-order valence-electron chi connectivity index (χ0n) is 17.9. The maximum Gasteiger partial charge on any atom is 0.282 e. The first-order chi connectivity index (χ1) is 15.1. The molecule has 1 N–H and O–H groups in total. The number of amides is 2. The van der Waals surface area contributed by atoms with Crippen LogP contribution in [-0.4, -0.2) is 11.8 Å². The molecule has 0 saturated carbocycles. The van der Waals surface area contributed by atoms with Gasteiger partial charge in [-0.2, -0.15) is 0 Å². The Balaban J connectivity index is 1.72. The van der Waals surface area contributed by atoms with Crippen molar-refractivity contribution in [2.45, 2.75) is 33.1 Å². The van der Waals surface area contributed by atoms with Crippen LogP contribution in [0.3, 0.4) is 0 Å². The van der Waals surface area contributed by atoms with Gasteiger partial charge in [0.2, 0.25) is 0 Å². The van der Waals surface area contributed by atoms with Crippen LogP contribution < -0.4 is 10.2 Å². The Morgan fingerprint density at radius 2 is 1.58 bits per heavy atom. The number of carbonyl (C=O) groups excluding carboxylic acids is 2. The molecule has 0 radical (unpaired) electrons. The molecule has 4 heteroatoms. The largest absolute Gasteiger partial charge is 0.350 e. The number of unbranched alkanes of at least 4 members (excludes halogenated alkanes) is 1. The SMILES string of the molecule is CCCCc1ccc(N2C(=O)C(Nc3cccc(C)c3)=C(c3ccccc3)C2=O)cc1. The second-order valence-electron chi connectivity index (χ2n) is 7.83. The van der Waals surface area contributed by atoms with Gasteiger partial charge in [0.15, 0.2) is 0 Å². The van der Waals surface area contributed by atoms with Gasteiger partial charge in [-0.1, -0.05) is 67.9 Å². The summed E-state index contributed by atoms with van der Waals surface area (Å²) < 4.78 is 0. The van der Waals surface area contributed by atoms with E-state index in [0.29, 0.717) is 17.0 Å². The molecule has 0 spiro atoms. The number of aryl methyl sites for hydroxylation is 2. The number of nitrogens with one attached hydrogen (secondary N) is 1. The summed E-state index contributed by atoms with van der Waals surface area (Å²) in [4.78, 5) is 28.1. The van der Waals surface area contributed by atoms with Crippen molar-refractivity contribution in [2.24, 2.45) is 0 Å². The van der Waals surface area contributed by atoms with Gasteiger partial charge >= 0.3 is 0 Å². The summed E-state index contributed by atoms with van der Waals surface area (Å²) in [7, 11) is 0. The number of benzene rings is 3. The Labute approximate surface area is 183 Å². The van der Waals surface area contributed by atoms with Crippen molar-refractivity contribution in [3.63, 3.8) is 0 Å². The van der Waals surface area contributed by atoms with Gasteiger partial charge in [-0.05, 0) is 60.7 Å². The van der Waals surface area contributed by atoms with Gasteiger partial charge in [0, 0.05) is 5.69 Å². The standard InChI is InChI=1S/C27H26N2O2/c1-3-4-10-20-14-16-23(17-15-20)29-26(30)24(21-11-6-5-7-12-21)25(27(29)31)28-22-13-8-9-19(2)18-22/h5-9,11-18,28H,3-4,10H2,1-2H3. The summed E-state index contributed by atoms with van der Waals surface area (Å²) in [5.41, 5.74) is 5.06. The van der Waals surface area contributed by atoms with Gasteiger partial charge in [-0.15, -0.1) is 0 Å². The van der Waals surface area contributed by atoms with E-state index < -0.39 is 0 Å². The van der Waals surface area contributed by atoms with Gasteiger partial charge in [0.1, 0.15) is 5.70 Å². The molecule has 4 nitrogen and oxygen atoms in total. The Hall–Kier alpha value is -3.66. The smallest absolute Gasteiger partial charge is 0.282 e. The van der Waals surface area contributed by atoms with Gasteiger partial charge < -0.3 is 5.32 Å². The number of imide groups is 1. The van der Waals surface area contributed by atoms with Gasteiger partial charge in [0.05, 0.1) is 11.3 Å². The quantitative estimate of drug-likeness (QED) is 0.506. The Kier molecular flexibility index (Phi) is 5.99. The van der Waals surface area contributed by atoms with E-state index >= 15 is 0 Å². The molecular weight excluding hydrogens is 384 g/mol. The Morgan fingerprint density at radius 3 is 2.26 bits per heavy atom. The third-order valence-electron chi connectivity index (χ3n) is 5.45. The number of hydrogen-bond acceptors (Lipinski definition) is 3. The van der Waals surface area contributed by atoms with Crippen molar-refractivity contribution < 1.29 is 9.59 Å². The Bertz CT molecular complexity index is 1130. The highest BCUT2D eigenvalue weighted by Crippen LogP contribution is 2.34. The first-order valence-electron chi connectivity index (χ1n) is 10.7. The van der Waals surface area contributed by atoms with Crippen LogP contribution in [0, 0.1) is 6.92 Å². The minimum Gasteiger partial charge on any atom is -0.350 e. The van der Waals surface area contributed by atoms with E-state index in [1.165, 1.54) is 10.5 Å². The lowest BCUT2D eigenvalue weighted by molar-refractivity contribution is -0.120. The summed E-state index contributed by atoms with van der Waals surface area (Å²) >= 11 is 0. The predicted octanol–water partition coefficient (Wildman–Crippen LogP) is 5.73. The van der Waals surface area contributed by atoms with E-state index in [2.05, 4.69) is 12.2 Å². The van der Waals surface area contributed by atoms with E-state index in [0.717, 1.165) is 36.1 Å². The molecular formula is C27H26N2O2. The highest BCUT2D eigenvalue weighted by Gasteiger charge is 2.40. The summed E-state index contributed by atoms with van der Waals surface area (Å²) in [5, 5.41) is 3.22. The molecule has 0 saturated heterocycles. The van der Waals surface area contributed by atoms with Crippen molar-refractivity contribution in [3.8, 4) is 0 Å². The lowest BCUT2D eigenvalue weighted by Crippen LogP contribution is -2.32. The van der Waals surface area contributed by atoms with Crippen LogP contribution in [0.4, 0.5) is 11.4 Å². The maximum absolute atomic E-state index is 13.4. The molecule has 0 atom stereocenters. The zero-order chi connectivity index (χ0) is 21.8. The van der Waals surface area contributed by atoms with Crippen LogP contribution in [0.1, 0.15) is 36.5 Å². The maximum atomic E-state index is 13.4. The van der Waals surface area contributed by atoms with Crippen molar-refractivity contribution >= 4 is 28.8 Å². The third-order valence-corrected chi connectivity index (χ3v) is 5.45. The van der Waals surface area contributed by atoms with E-state index in [-0.39, 0.29) is 11.8 Å². The van der Waals surface area contributed by atoms with E-state index in [9.17, 15) is 9.59 Å². The molecule has 0 aliphatic carbocycles.